The number of nitrogens with zero attached hydrogens (tertiary/aromatic N) is 2. The van der Waals surface area contributed by atoms with Crippen molar-refractivity contribution in [3.05, 3.63) is 0 Å². The van der Waals surface area contributed by atoms with Crippen LogP contribution in [0.15, 0.2) is 4.99 Å². The number of thioether (sulfide) groups is 1. The van der Waals surface area contributed by atoms with Crippen LogP contribution in [0.4, 0.5) is 0 Å². The Kier molecular flexibility index (Phi) is 8.65. The lowest BCUT2D eigenvalue weighted by atomic mass is 10.7. The molecule has 0 saturated heterocycles. The number of halogens is 1. The van der Waals surface area contributed by atoms with E-state index in [0.717, 1.165) is 5.84 Å². The van der Waals surface area contributed by atoms with Gasteiger partial charge >= 0.3 is 0 Å². The number of nitrogens with two attached hydrogens (primary N) is 1. The molecule has 0 fully saturated rings. The van der Waals surface area contributed by atoms with Crippen LogP contribution in [-0.4, -0.2) is 35.9 Å². The molecule has 0 spiro atoms. The number of rotatable bonds is 0. The highest BCUT2D eigenvalue weighted by Gasteiger charge is 2.00. The summed E-state index contributed by atoms with van der Waals surface area (Å²) in [5.41, 5.74) is 5.48. The minimum Gasteiger partial charge on any atom is -1.00 e. The lowest BCUT2D eigenvalue weighted by Gasteiger charge is -1.89. The average molecular weight is 287 g/mol. The Morgan fingerprint density at radius 3 is 2.18 bits per heavy atom. The Bertz CT molecular complexity index is 173. The van der Waals surface area contributed by atoms with E-state index >= 15 is 0 Å². The second-order valence-corrected chi connectivity index (χ2v) is 2.92. The van der Waals surface area contributed by atoms with Gasteiger partial charge in [0.2, 0.25) is 0 Å². The number of hydrogen-bond acceptors (Lipinski definition) is 1. The van der Waals surface area contributed by atoms with Crippen LogP contribution >= 0.6 is 11.8 Å². The summed E-state index contributed by atoms with van der Waals surface area (Å²) < 4.78 is 1.92. The fourth-order valence-corrected chi connectivity index (χ4v) is 0.529. The largest absolute Gasteiger partial charge is 1.00 e. The molecule has 0 aromatic heterocycles. The summed E-state index contributed by atoms with van der Waals surface area (Å²) in [7, 11) is 3.87. The zero-order chi connectivity index (χ0) is 8.15. The summed E-state index contributed by atoms with van der Waals surface area (Å²) in [6, 6.07) is 0. The molecule has 0 aromatic rings. The van der Waals surface area contributed by atoms with Crippen LogP contribution in [0.5, 0.6) is 0 Å². The monoisotopic (exact) mass is 287 g/mol. The van der Waals surface area contributed by atoms with E-state index in [-0.39, 0.29) is 24.0 Å². The molecule has 0 rings (SSSR count). The topological polar surface area (TPSA) is 41.4 Å². The third-order valence-electron chi connectivity index (χ3n) is 1.13. The van der Waals surface area contributed by atoms with Crippen LogP contribution in [0.1, 0.15) is 6.92 Å². The van der Waals surface area contributed by atoms with E-state index in [4.69, 9.17) is 5.73 Å². The minimum atomic E-state index is 0. The molecule has 0 heterocycles. The first-order chi connectivity index (χ1) is 4.57. The quantitative estimate of drug-likeness (QED) is 0.229. The molecule has 2 N–H and O–H groups in total. The molecular weight excluding hydrogens is 273 g/mol. The van der Waals surface area contributed by atoms with Gasteiger partial charge in [-0.3, -0.25) is 4.58 Å². The van der Waals surface area contributed by atoms with E-state index in [2.05, 4.69) is 4.99 Å². The lowest BCUT2D eigenvalue weighted by Crippen LogP contribution is -3.00. The molecule has 0 unspecified atom stereocenters. The predicted molar refractivity (Wildman–Crippen MR) is 47.9 cm³/mol. The highest BCUT2D eigenvalue weighted by atomic mass is 127. The third-order valence-corrected chi connectivity index (χ3v) is 1.64. The van der Waals surface area contributed by atoms with Crippen LogP contribution in [0.3, 0.4) is 0 Å². The Balaban J connectivity index is 0. The van der Waals surface area contributed by atoms with Crippen LogP contribution in [0, 0.1) is 0 Å². The number of hydrogen-bond donors (Lipinski definition) is 1. The molecule has 11 heavy (non-hydrogen) atoms. The zero-order valence-corrected chi connectivity index (χ0v) is 10.2. The van der Waals surface area contributed by atoms with Gasteiger partial charge in [-0.15, -0.1) is 0 Å². The maximum atomic E-state index is 5.48. The van der Waals surface area contributed by atoms with Gasteiger partial charge in [0.1, 0.15) is 0 Å². The molecule has 0 saturated carbocycles. The van der Waals surface area contributed by atoms with Gasteiger partial charge in [0, 0.05) is 6.92 Å². The van der Waals surface area contributed by atoms with Gasteiger partial charge in [-0.25, -0.2) is 0 Å². The molecule has 0 bridgehead atoms. The molecule has 0 amide bonds. The van der Waals surface area contributed by atoms with Crippen molar-refractivity contribution in [3.63, 3.8) is 0 Å². The van der Waals surface area contributed by atoms with Crippen molar-refractivity contribution in [2.45, 2.75) is 6.92 Å². The summed E-state index contributed by atoms with van der Waals surface area (Å²) in [5, 5.41) is 0.603. The number of aliphatic imine (C=N–C) groups is 1. The van der Waals surface area contributed by atoms with E-state index in [1.165, 1.54) is 11.8 Å². The molecule has 3 nitrogen and oxygen atoms in total. The Labute approximate surface area is 89.2 Å². The lowest BCUT2D eigenvalue weighted by molar-refractivity contribution is -0.465. The maximum absolute atomic E-state index is 5.48. The van der Waals surface area contributed by atoms with Crippen LogP contribution in [-0.2, 0) is 0 Å². The average Bonchev–Trinajstić information content (AvgIpc) is 1.87. The highest BCUT2D eigenvalue weighted by Crippen LogP contribution is 1.91. The van der Waals surface area contributed by atoms with E-state index in [9.17, 15) is 0 Å². The van der Waals surface area contributed by atoms with Gasteiger partial charge < -0.3 is 29.7 Å². The molecule has 0 radical (unpaired) electrons. The van der Waals surface area contributed by atoms with Crippen molar-refractivity contribution < 1.29 is 28.6 Å². The summed E-state index contributed by atoms with van der Waals surface area (Å²) in [6.07, 6.45) is 1.90. The first-order valence-electron chi connectivity index (χ1n) is 2.97. The summed E-state index contributed by atoms with van der Waals surface area (Å²) in [4.78, 5) is 4.09. The second kappa shape index (κ2) is 6.90. The normalized spacial score (nSPS) is 10.4. The standard InChI is InChI=1S/C6H13N3S.HI/c1-5(9(2)3)8-6(7)10-4;/h7H,1-4H3;1H. The molecule has 0 aliphatic carbocycles. The van der Waals surface area contributed by atoms with Crippen molar-refractivity contribution in [2.75, 3.05) is 20.4 Å². The van der Waals surface area contributed by atoms with E-state index in [1.807, 2.05) is 31.9 Å². The number of amidine groups is 2. The van der Waals surface area contributed by atoms with Gasteiger partial charge in [0.15, 0.2) is 0 Å². The summed E-state index contributed by atoms with van der Waals surface area (Å²) >= 11 is 1.45. The first-order valence-corrected chi connectivity index (χ1v) is 4.19. The van der Waals surface area contributed by atoms with Crippen molar-refractivity contribution >= 4 is 22.8 Å². The minimum absolute atomic E-state index is 0. The maximum Gasteiger partial charge on any atom is 0.293 e. The van der Waals surface area contributed by atoms with E-state index in [0.29, 0.717) is 5.17 Å². The third kappa shape index (κ3) is 6.61. The van der Waals surface area contributed by atoms with E-state index < -0.39 is 0 Å². The predicted octanol–water partition coefficient (Wildman–Crippen LogP) is -2.64. The van der Waals surface area contributed by atoms with Crippen molar-refractivity contribution in [1.29, 1.82) is 0 Å². The van der Waals surface area contributed by atoms with Crippen molar-refractivity contribution in [1.82, 2.24) is 0 Å². The van der Waals surface area contributed by atoms with Gasteiger partial charge in [-0.2, -0.15) is 0 Å². The highest BCUT2D eigenvalue weighted by molar-refractivity contribution is 8.13. The fraction of sp³-hybridized carbons (Fsp3) is 0.667. The summed E-state index contributed by atoms with van der Waals surface area (Å²) in [6.45, 7) is 1.92. The Morgan fingerprint density at radius 2 is 1.91 bits per heavy atom. The Hall–Kier alpha value is 0.220. The first kappa shape index (κ1) is 13.8. The fourth-order valence-electron chi connectivity index (χ4n) is 0.305. The zero-order valence-electron chi connectivity index (χ0n) is 7.26. The van der Waals surface area contributed by atoms with Gasteiger partial charge in [-0.1, -0.05) is 11.8 Å². The van der Waals surface area contributed by atoms with Crippen LogP contribution < -0.4 is 29.7 Å². The van der Waals surface area contributed by atoms with Gasteiger partial charge in [0.05, 0.1) is 14.1 Å². The SMILES string of the molecule is CSC(N)=NC(C)=[N+](C)C.[I-]. The molecular formula is C6H14IN3S. The van der Waals surface area contributed by atoms with Crippen molar-refractivity contribution in [3.8, 4) is 0 Å². The van der Waals surface area contributed by atoms with Crippen LogP contribution in [0.2, 0.25) is 0 Å². The molecule has 0 aromatic carbocycles. The molecule has 66 valence electrons. The van der Waals surface area contributed by atoms with Gasteiger partial charge in [-0.05, 0) is 11.2 Å². The molecule has 5 heteroatoms. The summed E-state index contributed by atoms with van der Waals surface area (Å²) in [5.74, 6) is 0.923. The second-order valence-electron chi connectivity index (χ2n) is 2.10. The van der Waals surface area contributed by atoms with Crippen molar-refractivity contribution in [2.24, 2.45) is 10.7 Å². The molecule has 0 atom stereocenters. The Morgan fingerprint density at radius 1 is 1.45 bits per heavy atom. The van der Waals surface area contributed by atoms with Crippen LogP contribution in [0.25, 0.3) is 0 Å². The van der Waals surface area contributed by atoms with E-state index in [1.54, 1.807) is 0 Å². The molecule has 0 aliphatic heterocycles. The van der Waals surface area contributed by atoms with Gasteiger partial charge in [0.25, 0.3) is 11.0 Å². The smallest absolute Gasteiger partial charge is 0.293 e. The molecule has 0 aliphatic rings.